The molecule has 0 bridgehead atoms. The molecule has 2 aromatic rings. The number of alkyl halides is 2. The third-order valence-corrected chi connectivity index (χ3v) is 3.85. The summed E-state index contributed by atoms with van der Waals surface area (Å²) in [5.41, 5.74) is 1.89. The van der Waals surface area contributed by atoms with E-state index in [9.17, 15) is 8.78 Å². The van der Waals surface area contributed by atoms with Gasteiger partial charge >= 0.3 is 6.61 Å². The highest BCUT2D eigenvalue weighted by Crippen LogP contribution is 2.18. The van der Waals surface area contributed by atoms with Gasteiger partial charge in [-0.25, -0.2) is 0 Å². The second-order valence-electron chi connectivity index (χ2n) is 5.63. The van der Waals surface area contributed by atoms with Crippen LogP contribution in [0, 0.1) is 0 Å². The Morgan fingerprint density at radius 3 is 2.28 bits per heavy atom. The summed E-state index contributed by atoms with van der Waals surface area (Å²) in [6.07, 6.45) is 0. The number of nitrogens with zero attached hydrogens (tertiary/aromatic N) is 1. The molecule has 0 aliphatic heterocycles. The minimum Gasteiger partial charge on any atom is -0.435 e. The van der Waals surface area contributed by atoms with E-state index in [4.69, 9.17) is 12.2 Å². The molecule has 2 aromatic carbocycles. The van der Waals surface area contributed by atoms with E-state index in [0.29, 0.717) is 17.3 Å². The summed E-state index contributed by atoms with van der Waals surface area (Å²) in [5, 5.41) is 6.68. The minimum absolute atomic E-state index is 0.108. The minimum atomic E-state index is -2.83. The molecule has 0 fully saturated rings. The molecule has 0 unspecified atom stereocenters. The van der Waals surface area contributed by atoms with Gasteiger partial charge in [-0.15, -0.1) is 0 Å². The molecule has 0 amide bonds. The highest BCUT2D eigenvalue weighted by atomic mass is 32.1. The number of nitrogens with one attached hydrogen (secondary N) is 2. The zero-order valence-electron chi connectivity index (χ0n) is 14.1. The Labute approximate surface area is 151 Å². The van der Waals surface area contributed by atoms with Gasteiger partial charge in [0.1, 0.15) is 5.75 Å². The van der Waals surface area contributed by atoms with Gasteiger partial charge in [0.05, 0.1) is 6.04 Å². The smallest absolute Gasteiger partial charge is 0.387 e. The Hall–Kier alpha value is -2.25. The third-order valence-electron chi connectivity index (χ3n) is 3.60. The van der Waals surface area contributed by atoms with E-state index < -0.39 is 6.61 Å². The molecule has 0 aliphatic carbocycles. The van der Waals surface area contributed by atoms with Crippen molar-refractivity contribution in [3.8, 4) is 5.75 Å². The van der Waals surface area contributed by atoms with E-state index in [2.05, 4.69) is 32.4 Å². The van der Waals surface area contributed by atoms with E-state index in [-0.39, 0.29) is 11.8 Å². The van der Waals surface area contributed by atoms with Crippen LogP contribution in [-0.2, 0) is 0 Å². The first-order valence-electron chi connectivity index (χ1n) is 7.77. The first-order valence-corrected chi connectivity index (χ1v) is 8.17. The second kappa shape index (κ2) is 9.29. The summed E-state index contributed by atoms with van der Waals surface area (Å²) >= 11 is 5.30. The number of rotatable bonds is 7. The highest BCUT2D eigenvalue weighted by Gasteiger charge is 2.14. The summed E-state index contributed by atoms with van der Waals surface area (Å²) in [6, 6.07) is 16.5. The monoisotopic (exact) mass is 365 g/mol. The molecule has 0 saturated heterocycles. The molecule has 2 N–H and O–H groups in total. The van der Waals surface area contributed by atoms with Gasteiger partial charge in [0.15, 0.2) is 5.11 Å². The average Bonchev–Trinajstić information content (AvgIpc) is 2.57. The molecule has 0 aromatic heterocycles. The number of anilines is 1. The molecule has 134 valence electrons. The highest BCUT2D eigenvalue weighted by molar-refractivity contribution is 7.80. The zero-order valence-corrected chi connectivity index (χ0v) is 14.9. The Bertz CT molecular complexity index is 666. The number of benzene rings is 2. The molecular weight excluding hydrogens is 344 g/mol. The lowest BCUT2D eigenvalue weighted by atomic mass is 10.1. The van der Waals surface area contributed by atoms with Crippen molar-refractivity contribution in [2.75, 3.05) is 26.0 Å². The van der Waals surface area contributed by atoms with E-state index in [0.717, 1.165) is 0 Å². The molecule has 0 spiro atoms. The standard InChI is InChI=1S/C18H21F2N3OS/c1-23(2)16(13-6-4-3-5-7-13)12-21-18(25)22-14-8-10-15(11-9-14)24-17(19)20/h3-11,16-17H,12H2,1-2H3,(H2,21,22,25)/t16-/m0/s1. The molecule has 0 heterocycles. The van der Waals surface area contributed by atoms with Gasteiger partial charge in [-0.2, -0.15) is 8.78 Å². The quantitative estimate of drug-likeness (QED) is 0.729. The third kappa shape index (κ3) is 6.28. The van der Waals surface area contributed by atoms with E-state index >= 15 is 0 Å². The number of halogens is 2. The van der Waals surface area contributed by atoms with Crippen LogP contribution < -0.4 is 15.4 Å². The van der Waals surface area contributed by atoms with Crippen molar-refractivity contribution < 1.29 is 13.5 Å². The van der Waals surface area contributed by atoms with E-state index in [1.165, 1.54) is 17.7 Å². The lowest BCUT2D eigenvalue weighted by Gasteiger charge is -2.25. The molecule has 4 nitrogen and oxygen atoms in total. The average molecular weight is 365 g/mol. The van der Waals surface area contributed by atoms with Crippen LogP contribution in [0.4, 0.5) is 14.5 Å². The summed E-state index contributed by atoms with van der Waals surface area (Å²) in [6.45, 7) is -2.20. The van der Waals surface area contributed by atoms with Crippen LogP contribution in [0.2, 0.25) is 0 Å². The predicted molar refractivity (Wildman–Crippen MR) is 100 cm³/mol. The molecule has 7 heteroatoms. The Balaban J connectivity index is 1.89. The molecule has 0 radical (unpaired) electrons. The van der Waals surface area contributed by atoms with Gasteiger partial charge in [-0.05, 0) is 56.1 Å². The topological polar surface area (TPSA) is 36.5 Å². The van der Waals surface area contributed by atoms with Crippen molar-refractivity contribution >= 4 is 23.0 Å². The largest absolute Gasteiger partial charge is 0.435 e. The first-order chi connectivity index (χ1) is 12.0. The van der Waals surface area contributed by atoms with Crippen molar-refractivity contribution in [1.82, 2.24) is 10.2 Å². The van der Waals surface area contributed by atoms with Crippen LogP contribution in [0.3, 0.4) is 0 Å². The normalized spacial score (nSPS) is 12.1. The number of hydrogen-bond donors (Lipinski definition) is 2. The molecule has 25 heavy (non-hydrogen) atoms. The zero-order chi connectivity index (χ0) is 18.2. The van der Waals surface area contributed by atoms with Crippen LogP contribution in [0.1, 0.15) is 11.6 Å². The molecule has 1 atom stereocenters. The summed E-state index contributed by atoms with van der Waals surface area (Å²) < 4.78 is 28.6. The van der Waals surface area contributed by atoms with Crippen molar-refractivity contribution in [1.29, 1.82) is 0 Å². The first kappa shape index (κ1) is 19.1. The van der Waals surface area contributed by atoms with Crippen molar-refractivity contribution in [3.05, 3.63) is 60.2 Å². The molecule has 2 rings (SSSR count). The molecule has 0 aliphatic rings. The Kier molecular flexibility index (Phi) is 7.09. The lowest BCUT2D eigenvalue weighted by molar-refractivity contribution is -0.0498. The van der Waals surface area contributed by atoms with Gasteiger partial charge in [0.25, 0.3) is 0 Å². The van der Waals surface area contributed by atoms with Crippen LogP contribution in [0.5, 0.6) is 5.75 Å². The maximum absolute atomic E-state index is 12.1. The number of thiocarbonyl (C=S) groups is 1. The number of ether oxygens (including phenoxy) is 1. The Morgan fingerprint density at radius 2 is 1.72 bits per heavy atom. The van der Waals surface area contributed by atoms with Gasteiger partial charge in [0.2, 0.25) is 0 Å². The fourth-order valence-electron chi connectivity index (χ4n) is 2.36. The SMILES string of the molecule is CN(C)[C@@H](CNC(=S)Nc1ccc(OC(F)F)cc1)c1ccccc1. The fraction of sp³-hybridized carbons (Fsp3) is 0.278. The fourth-order valence-corrected chi connectivity index (χ4v) is 2.56. The van der Waals surface area contributed by atoms with Gasteiger partial charge < -0.3 is 20.3 Å². The molecular formula is C18H21F2N3OS. The van der Waals surface area contributed by atoms with Crippen LogP contribution in [0.15, 0.2) is 54.6 Å². The Morgan fingerprint density at radius 1 is 1.08 bits per heavy atom. The van der Waals surface area contributed by atoms with Crippen LogP contribution in [0.25, 0.3) is 0 Å². The predicted octanol–water partition coefficient (Wildman–Crippen LogP) is 3.88. The second-order valence-corrected chi connectivity index (χ2v) is 6.04. The van der Waals surface area contributed by atoms with E-state index in [1.807, 2.05) is 32.3 Å². The maximum atomic E-state index is 12.1. The van der Waals surface area contributed by atoms with Crippen LogP contribution >= 0.6 is 12.2 Å². The van der Waals surface area contributed by atoms with Gasteiger partial charge in [-0.3, -0.25) is 0 Å². The maximum Gasteiger partial charge on any atom is 0.387 e. The van der Waals surface area contributed by atoms with Crippen molar-refractivity contribution in [3.63, 3.8) is 0 Å². The van der Waals surface area contributed by atoms with E-state index in [1.54, 1.807) is 12.1 Å². The summed E-state index contributed by atoms with van der Waals surface area (Å²) in [7, 11) is 4.02. The molecule has 0 saturated carbocycles. The van der Waals surface area contributed by atoms with Gasteiger partial charge in [-0.1, -0.05) is 30.3 Å². The van der Waals surface area contributed by atoms with Crippen molar-refractivity contribution in [2.24, 2.45) is 0 Å². The summed E-state index contributed by atoms with van der Waals surface area (Å²) in [5.74, 6) is 0.108. The van der Waals surface area contributed by atoms with Crippen molar-refractivity contribution in [2.45, 2.75) is 12.7 Å². The van der Waals surface area contributed by atoms with Crippen LogP contribution in [-0.4, -0.2) is 37.3 Å². The number of hydrogen-bond acceptors (Lipinski definition) is 3. The lowest BCUT2D eigenvalue weighted by Crippen LogP contribution is -2.36. The summed E-state index contributed by atoms with van der Waals surface area (Å²) in [4.78, 5) is 2.11. The van der Waals surface area contributed by atoms with Gasteiger partial charge in [0, 0.05) is 12.2 Å². The number of likely N-dealkylation sites (N-methyl/N-ethyl adjacent to an activating group) is 1.